The highest BCUT2D eigenvalue weighted by atomic mass is 35.5. The molecule has 0 fully saturated rings. The monoisotopic (exact) mass is 298 g/mol. The summed E-state index contributed by atoms with van der Waals surface area (Å²) in [5, 5.41) is 11.7. The SMILES string of the molecule is Cc1c(NC(=O)C(=O)c2ccccc2)ccc(C#N)c1Cl. The first-order valence-corrected chi connectivity index (χ1v) is 6.52. The van der Waals surface area contributed by atoms with Crippen molar-refractivity contribution in [2.24, 2.45) is 0 Å². The molecule has 0 spiro atoms. The van der Waals surface area contributed by atoms with Crippen molar-refractivity contribution in [2.45, 2.75) is 6.92 Å². The summed E-state index contributed by atoms with van der Waals surface area (Å²) in [5.74, 6) is -1.37. The van der Waals surface area contributed by atoms with Crippen LogP contribution in [-0.2, 0) is 4.79 Å². The summed E-state index contributed by atoms with van der Waals surface area (Å²) in [6, 6.07) is 13.3. The number of carbonyl (C=O) groups excluding carboxylic acids is 2. The predicted molar refractivity (Wildman–Crippen MR) is 80.3 cm³/mol. The van der Waals surface area contributed by atoms with Gasteiger partial charge in [-0.05, 0) is 24.6 Å². The summed E-state index contributed by atoms with van der Waals surface area (Å²) in [6.07, 6.45) is 0. The summed E-state index contributed by atoms with van der Waals surface area (Å²) in [7, 11) is 0. The molecule has 0 saturated carbocycles. The topological polar surface area (TPSA) is 70.0 Å². The highest BCUT2D eigenvalue weighted by Crippen LogP contribution is 2.27. The third-order valence-corrected chi connectivity index (χ3v) is 3.48. The number of carbonyl (C=O) groups is 2. The fourth-order valence-electron chi connectivity index (χ4n) is 1.81. The van der Waals surface area contributed by atoms with E-state index in [-0.39, 0.29) is 5.02 Å². The van der Waals surface area contributed by atoms with Gasteiger partial charge in [-0.1, -0.05) is 41.9 Å². The molecular formula is C16H11ClN2O2. The minimum atomic E-state index is -0.745. The van der Waals surface area contributed by atoms with Crippen molar-refractivity contribution in [2.75, 3.05) is 5.32 Å². The van der Waals surface area contributed by atoms with Gasteiger partial charge >= 0.3 is 0 Å². The Morgan fingerprint density at radius 1 is 1.14 bits per heavy atom. The Balaban J connectivity index is 2.23. The Kier molecular flexibility index (Phi) is 4.36. The smallest absolute Gasteiger partial charge is 0.296 e. The second kappa shape index (κ2) is 6.21. The molecule has 2 aromatic carbocycles. The summed E-state index contributed by atoms with van der Waals surface area (Å²) >= 11 is 6.02. The van der Waals surface area contributed by atoms with Crippen LogP contribution < -0.4 is 5.32 Å². The highest BCUT2D eigenvalue weighted by Gasteiger charge is 2.17. The maximum atomic E-state index is 12.0. The minimum absolute atomic E-state index is 0.266. The van der Waals surface area contributed by atoms with Gasteiger partial charge in [-0.25, -0.2) is 0 Å². The molecule has 4 nitrogen and oxygen atoms in total. The number of hydrogen-bond donors (Lipinski definition) is 1. The lowest BCUT2D eigenvalue weighted by molar-refractivity contribution is -0.112. The van der Waals surface area contributed by atoms with Crippen molar-refractivity contribution in [3.8, 4) is 6.07 Å². The van der Waals surface area contributed by atoms with Crippen molar-refractivity contribution in [1.82, 2.24) is 0 Å². The van der Waals surface area contributed by atoms with Crippen LogP contribution in [0.3, 0.4) is 0 Å². The standard InChI is InChI=1S/C16H11ClN2O2/c1-10-13(8-7-12(9-18)14(10)17)19-16(21)15(20)11-5-3-2-4-6-11/h2-8H,1H3,(H,19,21). The number of halogens is 1. The van der Waals surface area contributed by atoms with Crippen LogP contribution in [0.15, 0.2) is 42.5 Å². The van der Waals surface area contributed by atoms with E-state index in [9.17, 15) is 9.59 Å². The first-order chi connectivity index (χ1) is 10.0. The first-order valence-electron chi connectivity index (χ1n) is 6.14. The molecule has 0 saturated heterocycles. The van der Waals surface area contributed by atoms with Crippen molar-refractivity contribution < 1.29 is 9.59 Å². The minimum Gasteiger partial charge on any atom is -0.319 e. The van der Waals surface area contributed by atoms with Gasteiger partial charge in [-0.3, -0.25) is 9.59 Å². The Morgan fingerprint density at radius 2 is 1.81 bits per heavy atom. The molecule has 0 aliphatic rings. The van der Waals surface area contributed by atoms with Crippen molar-refractivity contribution >= 4 is 29.0 Å². The average molecular weight is 299 g/mol. The molecule has 0 radical (unpaired) electrons. The third kappa shape index (κ3) is 3.10. The van der Waals surface area contributed by atoms with E-state index in [1.807, 2.05) is 6.07 Å². The molecule has 2 rings (SSSR count). The summed E-state index contributed by atoms with van der Waals surface area (Å²) in [6.45, 7) is 1.67. The molecule has 104 valence electrons. The van der Waals surface area contributed by atoms with Crippen LogP contribution in [0.4, 0.5) is 5.69 Å². The largest absolute Gasteiger partial charge is 0.319 e. The first kappa shape index (κ1) is 14.8. The number of ketones is 1. The maximum absolute atomic E-state index is 12.0. The number of nitriles is 1. The van der Waals surface area contributed by atoms with Crippen molar-refractivity contribution in [1.29, 1.82) is 5.26 Å². The number of nitrogens with one attached hydrogen (secondary N) is 1. The Hall–Kier alpha value is -2.64. The molecule has 1 N–H and O–H groups in total. The van der Waals surface area contributed by atoms with Gasteiger partial charge in [0.2, 0.25) is 0 Å². The van der Waals surface area contributed by atoms with Crippen LogP contribution in [0.1, 0.15) is 21.5 Å². The van der Waals surface area contributed by atoms with Gasteiger partial charge in [0, 0.05) is 11.3 Å². The zero-order chi connectivity index (χ0) is 15.4. The van der Waals surface area contributed by atoms with Gasteiger partial charge in [0.1, 0.15) is 6.07 Å². The molecule has 0 aliphatic heterocycles. The van der Waals surface area contributed by atoms with Gasteiger partial charge < -0.3 is 5.32 Å². The number of hydrogen-bond acceptors (Lipinski definition) is 3. The molecular weight excluding hydrogens is 288 g/mol. The number of anilines is 1. The van der Waals surface area contributed by atoms with Crippen molar-refractivity contribution in [3.05, 3.63) is 64.2 Å². The van der Waals surface area contributed by atoms with E-state index in [1.165, 1.54) is 6.07 Å². The van der Waals surface area contributed by atoms with E-state index in [0.29, 0.717) is 22.4 Å². The second-order valence-corrected chi connectivity index (χ2v) is 4.74. The van der Waals surface area contributed by atoms with Crippen LogP contribution in [0.2, 0.25) is 5.02 Å². The number of amides is 1. The molecule has 5 heteroatoms. The summed E-state index contributed by atoms with van der Waals surface area (Å²) < 4.78 is 0. The normalized spacial score (nSPS) is 9.76. The van der Waals surface area contributed by atoms with Gasteiger partial charge in [-0.15, -0.1) is 0 Å². The van der Waals surface area contributed by atoms with Crippen molar-refractivity contribution in [3.63, 3.8) is 0 Å². The Morgan fingerprint density at radius 3 is 2.43 bits per heavy atom. The third-order valence-electron chi connectivity index (χ3n) is 3.00. The fourth-order valence-corrected chi connectivity index (χ4v) is 2.01. The molecule has 0 aromatic heterocycles. The number of nitrogens with zero attached hydrogens (tertiary/aromatic N) is 1. The lowest BCUT2D eigenvalue weighted by atomic mass is 10.1. The maximum Gasteiger partial charge on any atom is 0.296 e. The van der Waals surface area contributed by atoms with Gasteiger partial charge in [0.15, 0.2) is 0 Å². The van der Waals surface area contributed by atoms with Gasteiger partial charge in [0.05, 0.1) is 10.6 Å². The fraction of sp³-hybridized carbons (Fsp3) is 0.0625. The molecule has 0 atom stereocenters. The van der Waals surface area contributed by atoms with Crippen LogP contribution in [0.25, 0.3) is 0 Å². The van der Waals surface area contributed by atoms with Crippen LogP contribution in [0.5, 0.6) is 0 Å². The molecule has 1 amide bonds. The van der Waals surface area contributed by atoms with Crippen LogP contribution in [0, 0.1) is 18.3 Å². The van der Waals surface area contributed by atoms with E-state index in [0.717, 1.165) is 0 Å². The molecule has 0 heterocycles. The molecule has 0 aliphatic carbocycles. The number of rotatable bonds is 3. The van der Waals surface area contributed by atoms with E-state index in [4.69, 9.17) is 16.9 Å². The molecule has 2 aromatic rings. The number of Topliss-reactive ketones (excluding diaryl/α,β-unsaturated/α-hetero) is 1. The Labute approximate surface area is 127 Å². The van der Waals surface area contributed by atoms with Gasteiger partial charge in [-0.2, -0.15) is 5.26 Å². The predicted octanol–water partition coefficient (Wildman–Crippen LogP) is 3.34. The van der Waals surface area contributed by atoms with E-state index in [1.54, 1.807) is 43.3 Å². The van der Waals surface area contributed by atoms with E-state index in [2.05, 4.69) is 5.32 Å². The lowest BCUT2D eigenvalue weighted by Crippen LogP contribution is -2.23. The lowest BCUT2D eigenvalue weighted by Gasteiger charge is -2.10. The van der Waals surface area contributed by atoms with Gasteiger partial charge in [0.25, 0.3) is 11.7 Å². The molecule has 21 heavy (non-hydrogen) atoms. The van der Waals surface area contributed by atoms with Crippen LogP contribution in [-0.4, -0.2) is 11.7 Å². The molecule has 0 bridgehead atoms. The number of benzene rings is 2. The van der Waals surface area contributed by atoms with E-state index < -0.39 is 11.7 Å². The molecule has 0 unspecified atom stereocenters. The quantitative estimate of drug-likeness (QED) is 0.698. The zero-order valence-electron chi connectivity index (χ0n) is 11.2. The average Bonchev–Trinajstić information content (AvgIpc) is 2.52. The second-order valence-electron chi connectivity index (χ2n) is 4.36. The summed E-state index contributed by atoms with van der Waals surface area (Å²) in [4.78, 5) is 23.9. The highest BCUT2D eigenvalue weighted by molar-refractivity contribution is 6.46. The van der Waals surface area contributed by atoms with Crippen LogP contribution >= 0.6 is 11.6 Å². The zero-order valence-corrected chi connectivity index (χ0v) is 11.9. The van der Waals surface area contributed by atoms with E-state index >= 15 is 0 Å². The summed E-state index contributed by atoms with van der Waals surface area (Å²) in [5.41, 5.74) is 1.59. The Bertz CT molecular complexity index is 749.